The topological polar surface area (TPSA) is 98.7 Å². The standard InChI is InChI=1S/C25H43N3O4S/c1-7-10-16(6)27-23(31)21-25-15(5)12-18(33-25)19(22(30)26-11-8-2)20(25)24(32)28(21)17(13-29)14(4)9-3/h14-21,29H,7-13H2,1-6H3,(H,26,30)(H,27,31)/t14-,15?,16?,17-,18-,19+,20-,21?,25?/m0/s1. The molecule has 0 radical (unpaired) electrons. The Morgan fingerprint density at radius 1 is 1.21 bits per heavy atom. The van der Waals surface area contributed by atoms with Crippen molar-refractivity contribution in [3.8, 4) is 0 Å². The van der Waals surface area contributed by atoms with Crippen molar-refractivity contribution >= 4 is 29.5 Å². The van der Waals surface area contributed by atoms with Gasteiger partial charge in [0.05, 0.1) is 29.2 Å². The summed E-state index contributed by atoms with van der Waals surface area (Å²) in [5.41, 5.74) is 0. The smallest absolute Gasteiger partial charge is 0.244 e. The molecule has 0 aromatic carbocycles. The third-order valence-electron chi connectivity index (χ3n) is 8.24. The van der Waals surface area contributed by atoms with Gasteiger partial charge in [-0.2, -0.15) is 0 Å². The summed E-state index contributed by atoms with van der Waals surface area (Å²) in [6.45, 7) is 12.7. The second-order valence-corrected chi connectivity index (χ2v) is 12.0. The number of amides is 3. The molecule has 4 unspecified atom stereocenters. The largest absolute Gasteiger partial charge is 0.394 e. The van der Waals surface area contributed by atoms with Crippen LogP contribution in [0.4, 0.5) is 0 Å². The van der Waals surface area contributed by atoms with E-state index < -0.39 is 28.7 Å². The Labute approximate surface area is 203 Å². The molecule has 9 atom stereocenters. The molecule has 2 bridgehead atoms. The molecule has 3 heterocycles. The van der Waals surface area contributed by atoms with E-state index in [0.29, 0.717) is 6.54 Å². The van der Waals surface area contributed by atoms with Crippen LogP contribution in [0, 0.1) is 23.7 Å². The number of rotatable bonds is 11. The number of likely N-dealkylation sites (tertiary alicyclic amines) is 1. The maximum Gasteiger partial charge on any atom is 0.244 e. The molecule has 3 rings (SSSR count). The van der Waals surface area contributed by atoms with E-state index in [2.05, 4.69) is 24.5 Å². The minimum Gasteiger partial charge on any atom is -0.394 e. The first-order chi connectivity index (χ1) is 15.7. The first-order valence-corrected chi connectivity index (χ1v) is 13.8. The summed E-state index contributed by atoms with van der Waals surface area (Å²) in [5.74, 6) is -1.10. The SMILES string of the molecule is CCCNC(=O)[C@@H]1[C@@H]2CC(C)C3(S2)C(C(=O)NC(C)CCC)N([C@@H](CO)[C@@H](C)CC)C(=O)[C@H]13. The Hall–Kier alpha value is -1.28. The van der Waals surface area contributed by atoms with Crippen LogP contribution in [-0.4, -0.2) is 69.0 Å². The first kappa shape index (κ1) is 26.3. The minimum atomic E-state index is -0.672. The number of nitrogens with one attached hydrogen (secondary N) is 2. The maximum absolute atomic E-state index is 14.1. The van der Waals surface area contributed by atoms with E-state index in [1.165, 1.54) is 0 Å². The molecule has 3 N–H and O–H groups in total. The molecular formula is C25H43N3O4S. The Bertz CT molecular complexity index is 749. The second kappa shape index (κ2) is 10.5. The van der Waals surface area contributed by atoms with E-state index in [4.69, 9.17) is 0 Å². The van der Waals surface area contributed by atoms with Crippen molar-refractivity contribution in [3.63, 3.8) is 0 Å². The molecule has 3 saturated heterocycles. The lowest BCUT2D eigenvalue weighted by molar-refractivity contribution is -0.144. The zero-order valence-electron chi connectivity index (χ0n) is 21.1. The molecule has 0 aromatic rings. The van der Waals surface area contributed by atoms with Crippen LogP contribution in [0.1, 0.15) is 73.6 Å². The van der Waals surface area contributed by atoms with Gasteiger partial charge in [0.1, 0.15) is 6.04 Å². The van der Waals surface area contributed by atoms with Crippen LogP contribution in [0.25, 0.3) is 0 Å². The van der Waals surface area contributed by atoms with Gasteiger partial charge in [-0.15, -0.1) is 11.8 Å². The predicted molar refractivity (Wildman–Crippen MR) is 132 cm³/mol. The van der Waals surface area contributed by atoms with E-state index in [1.807, 2.05) is 27.7 Å². The number of fused-ring (bicyclic) bond motifs is 1. The quantitative estimate of drug-likeness (QED) is 0.421. The normalized spacial score (nSPS) is 35.3. The summed E-state index contributed by atoms with van der Waals surface area (Å²) in [4.78, 5) is 42.8. The molecule has 188 valence electrons. The van der Waals surface area contributed by atoms with Crippen LogP contribution >= 0.6 is 11.8 Å². The molecular weight excluding hydrogens is 438 g/mol. The van der Waals surface area contributed by atoms with Gasteiger partial charge < -0.3 is 20.6 Å². The molecule has 3 fully saturated rings. The highest BCUT2D eigenvalue weighted by atomic mass is 32.2. The van der Waals surface area contributed by atoms with Crippen LogP contribution in [0.15, 0.2) is 0 Å². The molecule has 0 saturated carbocycles. The molecule has 8 heteroatoms. The molecule has 3 aliphatic rings. The summed E-state index contributed by atoms with van der Waals surface area (Å²) in [5, 5.41) is 16.6. The molecule has 33 heavy (non-hydrogen) atoms. The van der Waals surface area contributed by atoms with Crippen molar-refractivity contribution in [2.24, 2.45) is 23.7 Å². The number of nitrogens with zero attached hydrogens (tertiary/aromatic N) is 1. The van der Waals surface area contributed by atoms with Crippen LogP contribution in [0.2, 0.25) is 0 Å². The first-order valence-electron chi connectivity index (χ1n) is 12.9. The highest BCUT2D eigenvalue weighted by Crippen LogP contribution is 2.68. The molecule has 0 aromatic heterocycles. The average molecular weight is 482 g/mol. The van der Waals surface area contributed by atoms with Crippen molar-refractivity contribution < 1.29 is 19.5 Å². The van der Waals surface area contributed by atoms with E-state index in [9.17, 15) is 19.5 Å². The van der Waals surface area contributed by atoms with Gasteiger partial charge >= 0.3 is 0 Å². The Balaban J connectivity index is 2.06. The fourth-order valence-electron chi connectivity index (χ4n) is 6.42. The molecule has 7 nitrogen and oxygen atoms in total. The lowest BCUT2D eigenvalue weighted by Crippen LogP contribution is -2.60. The fraction of sp³-hybridized carbons (Fsp3) is 0.880. The number of hydrogen-bond acceptors (Lipinski definition) is 5. The highest BCUT2D eigenvalue weighted by Gasteiger charge is 2.76. The highest BCUT2D eigenvalue weighted by molar-refractivity contribution is 8.02. The Morgan fingerprint density at radius 3 is 2.48 bits per heavy atom. The van der Waals surface area contributed by atoms with E-state index in [0.717, 1.165) is 32.1 Å². The van der Waals surface area contributed by atoms with Crippen LogP contribution in [-0.2, 0) is 14.4 Å². The Kier molecular flexibility index (Phi) is 8.41. The van der Waals surface area contributed by atoms with Crippen molar-refractivity contribution in [2.75, 3.05) is 13.2 Å². The van der Waals surface area contributed by atoms with Gasteiger partial charge in [-0.25, -0.2) is 0 Å². The molecule has 0 aliphatic carbocycles. The predicted octanol–water partition coefficient (Wildman–Crippen LogP) is 2.56. The number of aliphatic hydroxyl groups excluding tert-OH is 1. The summed E-state index contributed by atoms with van der Waals surface area (Å²) in [6.07, 6.45) is 4.28. The number of thioether (sulfide) groups is 1. The molecule has 1 spiro atoms. The van der Waals surface area contributed by atoms with Gasteiger partial charge in [0.15, 0.2) is 0 Å². The lowest BCUT2D eigenvalue weighted by Gasteiger charge is -2.41. The third kappa shape index (κ3) is 4.30. The number of carbonyl (C=O) groups excluding carboxylic acids is 3. The Morgan fingerprint density at radius 2 is 1.91 bits per heavy atom. The maximum atomic E-state index is 14.1. The van der Waals surface area contributed by atoms with Crippen LogP contribution in [0.3, 0.4) is 0 Å². The minimum absolute atomic E-state index is 0.00800. The summed E-state index contributed by atoms with van der Waals surface area (Å²) in [6, 6.07) is -1.10. The fourth-order valence-corrected chi connectivity index (χ4v) is 8.83. The van der Waals surface area contributed by atoms with Gasteiger partial charge in [0.2, 0.25) is 17.7 Å². The van der Waals surface area contributed by atoms with Gasteiger partial charge in [0, 0.05) is 17.8 Å². The van der Waals surface area contributed by atoms with Crippen molar-refractivity contribution in [2.45, 2.75) is 102 Å². The second-order valence-electron chi connectivity index (χ2n) is 10.4. The van der Waals surface area contributed by atoms with Gasteiger partial charge in [-0.1, -0.05) is 47.5 Å². The number of hydrogen-bond donors (Lipinski definition) is 3. The monoisotopic (exact) mass is 481 g/mol. The van der Waals surface area contributed by atoms with Crippen LogP contribution in [0.5, 0.6) is 0 Å². The number of aliphatic hydroxyl groups is 1. The summed E-state index contributed by atoms with van der Waals surface area (Å²) < 4.78 is -0.632. The van der Waals surface area contributed by atoms with Gasteiger partial charge in [0.25, 0.3) is 0 Å². The zero-order chi connectivity index (χ0) is 24.5. The van der Waals surface area contributed by atoms with Crippen LogP contribution < -0.4 is 10.6 Å². The average Bonchev–Trinajstić information content (AvgIpc) is 3.36. The van der Waals surface area contributed by atoms with E-state index >= 15 is 0 Å². The zero-order valence-corrected chi connectivity index (χ0v) is 21.9. The molecule has 3 amide bonds. The summed E-state index contributed by atoms with van der Waals surface area (Å²) >= 11 is 1.69. The summed E-state index contributed by atoms with van der Waals surface area (Å²) in [7, 11) is 0. The van der Waals surface area contributed by atoms with Gasteiger partial charge in [-0.3, -0.25) is 14.4 Å². The van der Waals surface area contributed by atoms with Crippen molar-refractivity contribution in [3.05, 3.63) is 0 Å². The third-order valence-corrected chi connectivity index (χ3v) is 10.3. The van der Waals surface area contributed by atoms with E-state index in [1.54, 1.807) is 16.7 Å². The van der Waals surface area contributed by atoms with E-state index in [-0.39, 0.29) is 47.5 Å². The molecule has 3 aliphatic heterocycles. The van der Waals surface area contributed by atoms with Gasteiger partial charge in [-0.05, 0) is 38.0 Å². The number of carbonyl (C=O) groups is 3. The lowest BCUT2D eigenvalue weighted by atomic mass is 9.65. The van der Waals surface area contributed by atoms with Crippen molar-refractivity contribution in [1.82, 2.24) is 15.5 Å². The van der Waals surface area contributed by atoms with Crippen molar-refractivity contribution in [1.29, 1.82) is 0 Å².